The number of carbonyl (C=O) groups is 3. The van der Waals surface area contributed by atoms with Gasteiger partial charge in [-0.1, -0.05) is 37.6 Å². The Labute approximate surface area is 201 Å². The number of aliphatic hydroxyl groups is 1. The monoisotopic (exact) mass is 474 g/mol. The third-order valence-corrected chi connectivity index (χ3v) is 7.57. The Morgan fingerprint density at radius 1 is 1.09 bits per heavy atom. The number of amides is 2. The lowest BCUT2D eigenvalue weighted by atomic mass is 9.78. The van der Waals surface area contributed by atoms with Crippen LogP contribution < -0.4 is 0 Å². The van der Waals surface area contributed by atoms with Gasteiger partial charge in [0, 0.05) is 26.2 Å². The fourth-order valence-electron chi connectivity index (χ4n) is 5.86. The van der Waals surface area contributed by atoms with Gasteiger partial charge >= 0.3 is 5.97 Å². The maximum absolute atomic E-state index is 13.9. The number of hydrogen-bond donors (Lipinski definition) is 1. The Morgan fingerprint density at radius 2 is 1.91 bits per heavy atom. The maximum atomic E-state index is 13.9. The van der Waals surface area contributed by atoms with Crippen molar-refractivity contribution in [2.24, 2.45) is 11.8 Å². The van der Waals surface area contributed by atoms with Crippen LogP contribution in [0.2, 0.25) is 0 Å². The van der Waals surface area contributed by atoms with Crippen LogP contribution in [0.5, 0.6) is 0 Å². The molecule has 188 valence electrons. The maximum Gasteiger partial charge on any atom is 0.313 e. The summed E-state index contributed by atoms with van der Waals surface area (Å²) < 4.78 is 12.3. The molecule has 2 amide bonds. The normalized spacial score (nSPS) is 36.2. The zero-order chi connectivity index (χ0) is 24.3. The number of allylic oxidation sites excluding steroid dienone is 1. The highest BCUT2D eigenvalue weighted by Gasteiger charge is 2.71. The van der Waals surface area contributed by atoms with E-state index in [4.69, 9.17) is 14.6 Å². The summed E-state index contributed by atoms with van der Waals surface area (Å²) in [6.07, 6.45) is 12.2. The molecule has 0 radical (unpaired) electrons. The molecule has 0 aromatic rings. The third-order valence-electron chi connectivity index (χ3n) is 7.57. The first-order chi connectivity index (χ1) is 16.4. The van der Waals surface area contributed by atoms with Crippen molar-refractivity contribution in [2.45, 2.75) is 82.6 Å². The van der Waals surface area contributed by atoms with Crippen molar-refractivity contribution in [3.05, 3.63) is 24.3 Å². The van der Waals surface area contributed by atoms with Crippen molar-refractivity contribution in [3.8, 4) is 0 Å². The molecule has 0 aromatic heterocycles. The summed E-state index contributed by atoms with van der Waals surface area (Å²) in [4.78, 5) is 44.5. The summed E-state index contributed by atoms with van der Waals surface area (Å²) in [6, 6.07) is -0.802. The molecule has 8 nitrogen and oxygen atoms in total. The number of likely N-dealkylation sites (tertiary alicyclic amines) is 1. The molecule has 6 atom stereocenters. The summed E-state index contributed by atoms with van der Waals surface area (Å²) in [6.45, 7) is 5.53. The molecule has 4 heterocycles. The first-order valence-corrected chi connectivity index (χ1v) is 12.9. The second-order valence-electron chi connectivity index (χ2n) is 9.95. The van der Waals surface area contributed by atoms with Crippen LogP contribution in [0.1, 0.15) is 58.8 Å². The van der Waals surface area contributed by atoms with Gasteiger partial charge in [-0.15, -0.1) is 0 Å². The van der Waals surface area contributed by atoms with Crippen molar-refractivity contribution >= 4 is 17.8 Å². The molecule has 1 spiro atoms. The number of ether oxygens (including phenoxy) is 2. The van der Waals surface area contributed by atoms with Crippen LogP contribution in [0.15, 0.2) is 24.3 Å². The Bertz CT molecular complexity index is 841. The van der Waals surface area contributed by atoms with Crippen LogP contribution in [0.3, 0.4) is 0 Å². The average molecular weight is 475 g/mol. The molecule has 1 N–H and O–H groups in total. The SMILES string of the molecule is CCCCN1CC=CC23O[C@@H]4/C=C\CCC(C)OC(=O)C4[C@H]2C(=O)N(CCCCCO)[C@@H]3C1=O. The number of carbonyl (C=O) groups excluding carboxylic acids is 3. The summed E-state index contributed by atoms with van der Waals surface area (Å²) in [7, 11) is 0. The molecule has 8 heteroatoms. The summed E-state index contributed by atoms with van der Waals surface area (Å²) in [5.41, 5.74) is -1.19. The van der Waals surface area contributed by atoms with Crippen LogP contribution in [0.25, 0.3) is 0 Å². The second kappa shape index (κ2) is 10.6. The van der Waals surface area contributed by atoms with Crippen LogP contribution in [0.4, 0.5) is 0 Å². The van der Waals surface area contributed by atoms with Gasteiger partial charge in [0.05, 0.1) is 18.1 Å². The Hall–Kier alpha value is -2.19. The van der Waals surface area contributed by atoms with Gasteiger partial charge in [-0.05, 0) is 45.4 Å². The number of aliphatic hydroxyl groups excluding tert-OH is 1. The number of cyclic esters (lactones) is 1. The number of rotatable bonds is 8. The van der Waals surface area contributed by atoms with Gasteiger partial charge in [-0.3, -0.25) is 14.4 Å². The van der Waals surface area contributed by atoms with Gasteiger partial charge < -0.3 is 24.4 Å². The highest BCUT2D eigenvalue weighted by molar-refractivity contribution is 5.99. The molecule has 4 aliphatic heterocycles. The highest BCUT2D eigenvalue weighted by atomic mass is 16.6. The third kappa shape index (κ3) is 4.42. The standard InChI is InChI=1S/C26H38N2O6/c1-3-4-14-27-15-10-13-26-21(20-19(34-26)12-7-6-11-18(2)33-25(20)32)23(30)28(22(26)24(27)31)16-8-5-9-17-29/h7,10,12-13,18-22,29H,3-6,8-9,11,14-17H2,1-2H3/b12-7-/t18?,19-,20?,21+,22-,26?/m1/s1. The number of esters is 1. The predicted molar refractivity (Wildman–Crippen MR) is 126 cm³/mol. The van der Waals surface area contributed by atoms with Gasteiger partial charge in [-0.25, -0.2) is 0 Å². The first kappa shape index (κ1) is 24.9. The topological polar surface area (TPSA) is 96.4 Å². The minimum atomic E-state index is -1.19. The largest absolute Gasteiger partial charge is 0.462 e. The van der Waals surface area contributed by atoms with E-state index in [1.807, 2.05) is 31.2 Å². The molecule has 3 unspecified atom stereocenters. The van der Waals surface area contributed by atoms with Gasteiger partial charge in [-0.2, -0.15) is 0 Å². The van der Waals surface area contributed by atoms with Gasteiger partial charge in [0.2, 0.25) is 11.8 Å². The summed E-state index contributed by atoms with van der Waals surface area (Å²) in [5, 5.41) is 9.15. The summed E-state index contributed by atoms with van der Waals surface area (Å²) in [5.74, 6) is -2.33. The van der Waals surface area contributed by atoms with Crippen LogP contribution in [0, 0.1) is 11.8 Å². The predicted octanol–water partition coefficient (Wildman–Crippen LogP) is 2.21. The average Bonchev–Trinajstić information content (AvgIpc) is 3.21. The highest BCUT2D eigenvalue weighted by Crippen LogP contribution is 2.53. The van der Waals surface area contributed by atoms with E-state index in [-0.39, 0.29) is 24.5 Å². The quantitative estimate of drug-likeness (QED) is 0.329. The van der Waals surface area contributed by atoms with Crippen LogP contribution >= 0.6 is 0 Å². The van der Waals surface area contributed by atoms with E-state index in [1.165, 1.54) is 0 Å². The van der Waals surface area contributed by atoms with Gasteiger partial charge in [0.1, 0.15) is 17.6 Å². The fourth-order valence-corrected chi connectivity index (χ4v) is 5.86. The van der Waals surface area contributed by atoms with Crippen molar-refractivity contribution in [3.63, 3.8) is 0 Å². The molecular formula is C26H38N2O6. The van der Waals surface area contributed by atoms with Crippen molar-refractivity contribution in [1.29, 1.82) is 0 Å². The van der Waals surface area contributed by atoms with E-state index in [0.717, 1.165) is 32.1 Å². The zero-order valence-corrected chi connectivity index (χ0v) is 20.4. The first-order valence-electron chi connectivity index (χ1n) is 12.9. The molecular weight excluding hydrogens is 436 g/mol. The Kier molecular flexibility index (Phi) is 7.77. The number of unbranched alkanes of at least 4 members (excludes halogenated alkanes) is 3. The molecule has 4 rings (SSSR count). The lowest BCUT2D eigenvalue weighted by Gasteiger charge is -2.35. The lowest BCUT2D eigenvalue weighted by Crippen LogP contribution is -2.55. The van der Waals surface area contributed by atoms with Gasteiger partial charge in [0.15, 0.2) is 0 Å². The fraction of sp³-hybridized carbons (Fsp3) is 0.731. The molecule has 0 aliphatic carbocycles. The van der Waals surface area contributed by atoms with E-state index in [2.05, 4.69) is 6.92 Å². The number of nitrogens with zero attached hydrogens (tertiary/aromatic N) is 2. The van der Waals surface area contributed by atoms with Crippen LogP contribution in [-0.4, -0.2) is 82.8 Å². The van der Waals surface area contributed by atoms with E-state index in [9.17, 15) is 14.4 Å². The minimum Gasteiger partial charge on any atom is -0.462 e. The Morgan fingerprint density at radius 3 is 2.68 bits per heavy atom. The van der Waals surface area contributed by atoms with E-state index in [1.54, 1.807) is 9.80 Å². The van der Waals surface area contributed by atoms with E-state index >= 15 is 0 Å². The molecule has 2 saturated heterocycles. The molecule has 0 aromatic carbocycles. The molecule has 0 saturated carbocycles. The lowest BCUT2D eigenvalue weighted by molar-refractivity contribution is -0.158. The van der Waals surface area contributed by atoms with Crippen molar-refractivity contribution in [1.82, 2.24) is 9.80 Å². The summed E-state index contributed by atoms with van der Waals surface area (Å²) >= 11 is 0. The zero-order valence-electron chi connectivity index (χ0n) is 20.4. The molecule has 0 bridgehead atoms. The van der Waals surface area contributed by atoms with E-state index in [0.29, 0.717) is 32.5 Å². The molecule has 34 heavy (non-hydrogen) atoms. The van der Waals surface area contributed by atoms with Crippen molar-refractivity contribution in [2.75, 3.05) is 26.2 Å². The second-order valence-corrected chi connectivity index (χ2v) is 9.95. The Balaban J connectivity index is 1.72. The number of hydrogen-bond acceptors (Lipinski definition) is 6. The smallest absolute Gasteiger partial charge is 0.313 e. The van der Waals surface area contributed by atoms with E-state index < -0.39 is 35.6 Å². The van der Waals surface area contributed by atoms with Gasteiger partial charge in [0.25, 0.3) is 0 Å². The number of fused-ring (bicyclic) bond motifs is 2. The molecule has 4 aliphatic rings. The minimum absolute atomic E-state index is 0.0969. The van der Waals surface area contributed by atoms with Crippen LogP contribution in [-0.2, 0) is 23.9 Å². The molecule has 2 fully saturated rings. The van der Waals surface area contributed by atoms with Crippen molar-refractivity contribution < 1.29 is 29.0 Å².